The van der Waals surface area contributed by atoms with Crippen LogP contribution in [-0.2, 0) is 4.79 Å². The van der Waals surface area contributed by atoms with Gasteiger partial charge in [0.15, 0.2) is 5.96 Å². The molecule has 0 saturated heterocycles. The van der Waals surface area contributed by atoms with Gasteiger partial charge in [0.1, 0.15) is 12.3 Å². The van der Waals surface area contributed by atoms with Crippen LogP contribution in [0.15, 0.2) is 29.3 Å². The van der Waals surface area contributed by atoms with Crippen molar-refractivity contribution >= 4 is 11.9 Å². The zero-order valence-corrected chi connectivity index (χ0v) is 14.2. The number of hydrogen-bond acceptors (Lipinski definition) is 3. The molecule has 0 spiro atoms. The van der Waals surface area contributed by atoms with Crippen LogP contribution < -0.4 is 15.4 Å². The summed E-state index contributed by atoms with van der Waals surface area (Å²) < 4.78 is 18.0. The molecule has 0 saturated carbocycles. The van der Waals surface area contributed by atoms with Crippen molar-refractivity contribution in [3.8, 4) is 5.75 Å². The van der Waals surface area contributed by atoms with Gasteiger partial charge >= 0.3 is 0 Å². The SMILES string of the molecule is CN(C)C(=O)CN=C(NCCCF)NC1CCOc2ccccc21. The van der Waals surface area contributed by atoms with Gasteiger partial charge in [-0.1, -0.05) is 18.2 Å². The van der Waals surface area contributed by atoms with Gasteiger partial charge in [-0.3, -0.25) is 9.18 Å². The quantitative estimate of drug-likeness (QED) is 0.469. The monoisotopic (exact) mass is 336 g/mol. The average molecular weight is 336 g/mol. The molecule has 0 aliphatic carbocycles. The molecular formula is C17H25FN4O2. The first-order valence-electron chi connectivity index (χ1n) is 8.14. The number of benzene rings is 1. The van der Waals surface area contributed by atoms with Crippen LogP contribution in [0, 0.1) is 0 Å². The zero-order valence-electron chi connectivity index (χ0n) is 14.2. The van der Waals surface area contributed by atoms with E-state index in [1.807, 2.05) is 24.3 Å². The molecule has 6 nitrogen and oxygen atoms in total. The minimum absolute atomic E-state index is 0.0426. The summed E-state index contributed by atoms with van der Waals surface area (Å²) in [4.78, 5) is 17.6. The molecule has 1 amide bonds. The largest absolute Gasteiger partial charge is 0.493 e. The number of likely N-dealkylation sites (N-methyl/N-ethyl adjacent to an activating group) is 1. The van der Waals surface area contributed by atoms with Crippen LogP contribution in [0.2, 0.25) is 0 Å². The van der Waals surface area contributed by atoms with Gasteiger partial charge in [-0.15, -0.1) is 0 Å². The molecule has 0 aromatic heterocycles. The van der Waals surface area contributed by atoms with Crippen molar-refractivity contribution in [2.45, 2.75) is 18.9 Å². The van der Waals surface area contributed by atoms with Gasteiger partial charge < -0.3 is 20.3 Å². The molecule has 24 heavy (non-hydrogen) atoms. The number of amides is 1. The minimum atomic E-state index is -0.392. The van der Waals surface area contributed by atoms with E-state index in [-0.39, 0.29) is 18.5 Å². The Labute approximate surface area is 142 Å². The number of aliphatic imine (C=N–C) groups is 1. The second kappa shape index (κ2) is 9.10. The number of halogens is 1. The predicted molar refractivity (Wildman–Crippen MR) is 92.0 cm³/mol. The molecular weight excluding hydrogens is 311 g/mol. The number of hydrogen-bond donors (Lipinski definition) is 2. The Kier molecular flexibility index (Phi) is 6.84. The number of ether oxygens (including phenoxy) is 1. The van der Waals surface area contributed by atoms with E-state index in [0.717, 1.165) is 17.7 Å². The lowest BCUT2D eigenvalue weighted by Crippen LogP contribution is -2.42. The van der Waals surface area contributed by atoms with Gasteiger partial charge in [-0.05, 0) is 12.5 Å². The fraction of sp³-hybridized carbons (Fsp3) is 0.529. The molecule has 0 radical (unpaired) electrons. The molecule has 2 N–H and O–H groups in total. The highest BCUT2D eigenvalue weighted by Gasteiger charge is 2.22. The van der Waals surface area contributed by atoms with Crippen LogP contribution in [0.3, 0.4) is 0 Å². The minimum Gasteiger partial charge on any atom is -0.493 e. The zero-order chi connectivity index (χ0) is 17.4. The Balaban J connectivity index is 2.07. The number of nitrogens with one attached hydrogen (secondary N) is 2. The van der Waals surface area contributed by atoms with E-state index in [0.29, 0.717) is 25.5 Å². The van der Waals surface area contributed by atoms with E-state index in [1.54, 1.807) is 14.1 Å². The second-order valence-corrected chi connectivity index (χ2v) is 5.79. The van der Waals surface area contributed by atoms with Crippen LogP contribution in [0.4, 0.5) is 4.39 Å². The number of alkyl halides is 1. The van der Waals surface area contributed by atoms with E-state index >= 15 is 0 Å². The van der Waals surface area contributed by atoms with Gasteiger partial charge in [0.25, 0.3) is 0 Å². The first-order chi connectivity index (χ1) is 11.6. The second-order valence-electron chi connectivity index (χ2n) is 5.79. The van der Waals surface area contributed by atoms with E-state index < -0.39 is 6.67 Å². The summed E-state index contributed by atoms with van der Waals surface area (Å²) in [7, 11) is 3.38. The highest BCUT2D eigenvalue weighted by Crippen LogP contribution is 2.31. The Bertz CT molecular complexity index is 577. The standard InChI is InChI=1S/C17H25FN4O2/c1-22(2)16(23)12-20-17(19-10-5-9-18)21-14-8-11-24-15-7-4-3-6-13(14)15/h3-4,6-7,14H,5,8-12H2,1-2H3,(H2,19,20,21). The summed E-state index contributed by atoms with van der Waals surface area (Å²) in [6, 6.07) is 7.89. The number of carbonyl (C=O) groups is 1. The molecule has 1 aliphatic rings. The Hall–Kier alpha value is -2.31. The van der Waals surface area contributed by atoms with Crippen LogP contribution in [0.1, 0.15) is 24.4 Å². The van der Waals surface area contributed by atoms with Crippen molar-refractivity contribution in [3.63, 3.8) is 0 Å². The summed E-state index contributed by atoms with van der Waals surface area (Å²) >= 11 is 0. The highest BCUT2D eigenvalue weighted by atomic mass is 19.1. The molecule has 1 heterocycles. The van der Waals surface area contributed by atoms with Crippen molar-refractivity contribution in [2.24, 2.45) is 4.99 Å². The maximum Gasteiger partial charge on any atom is 0.243 e. The fourth-order valence-corrected chi connectivity index (χ4v) is 2.37. The van der Waals surface area contributed by atoms with Gasteiger partial charge in [0, 0.05) is 32.6 Å². The third kappa shape index (κ3) is 5.11. The molecule has 2 rings (SSSR count). The molecule has 1 aromatic carbocycles. The molecule has 0 fully saturated rings. The number of nitrogens with zero attached hydrogens (tertiary/aromatic N) is 2. The molecule has 0 bridgehead atoms. The highest BCUT2D eigenvalue weighted by molar-refractivity contribution is 5.85. The summed E-state index contributed by atoms with van der Waals surface area (Å²) in [5, 5.41) is 6.41. The summed E-state index contributed by atoms with van der Waals surface area (Å²) in [5.74, 6) is 1.28. The van der Waals surface area contributed by atoms with E-state index in [2.05, 4.69) is 15.6 Å². The molecule has 7 heteroatoms. The van der Waals surface area contributed by atoms with Crippen molar-refractivity contribution < 1.29 is 13.9 Å². The van der Waals surface area contributed by atoms with Crippen LogP contribution >= 0.6 is 0 Å². The summed E-state index contributed by atoms with van der Waals surface area (Å²) in [6.45, 7) is 0.728. The first kappa shape index (κ1) is 18.0. The lowest BCUT2D eigenvalue weighted by Gasteiger charge is -2.28. The van der Waals surface area contributed by atoms with Gasteiger partial charge in [0.2, 0.25) is 5.91 Å². The lowest BCUT2D eigenvalue weighted by molar-refractivity contribution is -0.127. The first-order valence-corrected chi connectivity index (χ1v) is 8.14. The van der Waals surface area contributed by atoms with Gasteiger partial charge in [0.05, 0.1) is 19.3 Å². The fourth-order valence-electron chi connectivity index (χ4n) is 2.37. The lowest BCUT2D eigenvalue weighted by atomic mass is 10.0. The number of carbonyl (C=O) groups excluding carboxylic acids is 1. The number of para-hydroxylation sites is 1. The Morgan fingerprint density at radius 1 is 1.42 bits per heavy atom. The average Bonchev–Trinajstić information content (AvgIpc) is 2.59. The third-order valence-corrected chi connectivity index (χ3v) is 3.74. The van der Waals surface area contributed by atoms with Gasteiger partial charge in [-0.25, -0.2) is 4.99 Å². The Morgan fingerprint density at radius 3 is 2.96 bits per heavy atom. The van der Waals surface area contributed by atoms with Crippen molar-refractivity contribution in [3.05, 3.63) is 29.8 Å². The molecule has 132 valence electrons. The Morgan fingerprint density at radius 2 is 2.21 bits per heavy atom. The topological polar surface area (TPSA) is 66.0 Å². The number of rotatable bonds is 6. The van der Waals surface area contributed by atoms with E-state index in [9.17, 15) is 9.18 Å². The van der Waals surface area contributed by atoms with Crippen molar-refractivity contribution in [1.29, 1.82) is 0 Å². The normalized spacial score (nSPS) is 16.8. The number of fused-ring (bicyclic) bond motifs is 1. The molecule has 1 aromatic rings. The number of guanidine groups is 1. The maximum atomic E-state index is 12.3. The molecule has 1 aliphatic heterocycles. The van der Waals surface area contributed by atoms with E-state index in [4.69, 9.17) is 4.74 Å². The third-order valence-electron chi connectivity index (χ3n) is 3.74. The van der Waals surface area contributed by atoms with Crippen molar-refractivity contribution in [2.75, 3.05) is 40.5 Å². The van der Waals surface area contributed by atoms with Crippen LogP contribution in [-0.4, -0.2) is 57.2 Å². The molecule has 1 atom stereocenters. The maximum absolute atomic E-state index is 12.3. The van der Waals surface area contributed by atoms with E-state index in [1.165, 1.54) is 4.90 Å². The summed E-state index contributed by atoms with van der Waals surface area (Å²) in [5.41, 5.74) is 1.06. The van der Waals surface area contributed by atoms with Crippen LogP contribution in [0.25, 0.3) is 0 Å². The molecule has 1 unspecified atom stereocenters. The predicted octanol–water partition coefficient (Wildman–Crippen LogP) is 1.49. The summed E-state index contributed by atoms with van der Waals surface area (Å²) in [6.07, 6.45) is 1.19. The van der Waals surface area contributed by atoms with Gasteiger partial charge in [-0.2, -0.15) is 0 Å². The van der Waals surface area contributed by atoms with Crippen molar-refractivity contribution in [1.82, 2.24) is 15.5 Å². The smallest absolute Gasteiger partial charge is 0.243 e. The van der Waals surface area contributed by atoms with Crippen LogP contribution in [0.5, 0.6) is 5.75 Å².